The van der Waals surface area contributed by atoms with Gasteiger partial charge in [-0.05, 0) is 0 Å². The second kappa shape index (κ2) is 6.25. The van der Waals surface area contributed by atoms with Crippen molar-refractivity contribution < 1.29 is 49.9 Å². The maximum Gasteiger partial charge on any atom is 0.424 e. The molecular weight excluding hydrogens is 446 g/mol. The maximum absolute atomic E-state index is 11.6. The van der Waals surface area contributed by atoms with Gasteiger partial charge in [0.25, 0.3) is 0 Å². The van der Waals surface area contributed by atoms with Gasteiger partial charge in [0.15, 0.2) is 24.1 Å². The zero-order valence-corrected chi connectivity index (χ0v) is 15.5. The highest BCUT2D eigenvalue weighted by atomic mass is 32.3. The highest BCUT2D eigenvalue weighted by Crippen LogP contribution is 2.46. The van der Waals surface area contributed by atoms with E-state index in [9.17, 15) is 31.8 Å². The number of carbonyl (C=O) groups is 1. The number of ether oxygens (including phenoxy) is 1. The van der Waals surface area contributed by atoms with Gasteiger partial charge >= 0.3 is 26.8 Å². The molecule has 3 aliphatic rings. The first kappa shape index (κ1) is 21.2. The highest BCUT2D eigenvalue weighted by Gasteiger charge is 2.75. The van der Waals surface area contributed by atoms with Crippen LogP contribution in [0.15, 0.2) is 9.98 Å². The summed E-state index contributed by atoms with van der Waals surface area (Å²) in [5.41, 5.74) is 9.02. The van der Waals surface area contributed by atoms with Crippen LogP contribution in [0.3, 0.4) is 0 Å². The SMILES string of the molecule is NC1=N[C@H]2[C@@H](OC(=O)NS(=O)(=O)O)N=C(N)N3C[C@H](OS(=O)(=O)O)C(O)(O)C23N1. The smallest absolute Gasteiger partial charge is 0.420 e. The van der Waals surface area contributed by atoms with Gasteiger partial charge in [-0.3, -0.25) is 9.11 Å². The summed E-state index contributed by atoms with van der Waals surface area (Å²) >= 11 is 0. The molecule has 0 aromatic heterocycles. The molecule has 3 aliphatic heterocycles. The Bertz CT molecular complexity index is 1010. The van der Waals surface area contributed by atoms with Gasteiger partial charge in [0.05, 0.1) is 6.54 Å². The molecule has 1 spiro atoms. The van der Waals surface area contributed by atoms with E-state index in [1.54, 1.807) is 0 Å². The fraction of sp³-hybridized carbons (Fsp3) is 0.667. The fourth-order valence-corrected chi connectivity index (χ4v) is 4.10. The van der Waals surface area contributed by atoms with Crippen LogP contribution in [0.25, 0.3) is 0 Å². The van der Waals surface area contributed by atoms with Crippen molar-refractivity contribution in [3.63, 3.8) is 0 Å². The molecule has 164 valence electrons. The van der Waals surface area contributed by atoms with E-state index in [1.165, 1.54) is 0 Å². The number of amides is 1. The van der Waals surface area contributed by atoms with E-state index in [0.29, 0.717) is 0 Å². The number of rotatable bonds is 4. The third-order valence-electron chi connectivity index (χ3n) is 4.29. The number of nitrogens with one attached hydrogen (secondary N) is 2. The average Bonchev–Trinajstić information content (AvgIpc) is 2.94. The first-order valence-electron chi connectivity index (χ1n) is 7.35. The maximum atomic E-state index is 11.6. The lowest BCUT2D eigenvalue weighted by atomic mass is 9.89. The summed E-state index contributed by atoms with van der Waals surface area (Å²) < 4.78 is 71.2. The van der Waals surface area contributed by atoms with Gasteiger partial charge in [0.1, 0.15) is 0 Å². The van der Waals surface area contributed by atoms with Gasteiger partial charge in [-0.15, -0.1) is 0 Å². The van der Waals surface area contributed by atoms with E-state index in [4.69, 9.17) is 25.3 Å². The molecule has 0 radical (unpaired) electrons. The minimum atomic E-state index is -5.15. The monoisotopic (exact) mass is 461 g/mol. The average molecular weight is 461 g/mol. The third-order valence-corrected chi connectivity index (χ3v) is 5.19. The topological polar surface area (TPSA) is 289 Å². The molecule has 0 saturated carbocycles. The van der Waals surface area contributed by atoms with Crippen molar-refractivity contribution >= 4 is 38.7 Å². The number of hydrogen-bond donors (Lipinski definition) is 8. The van der Waals surface area contributed by atoms with E-state index in [1.807, 2.05) is 0 Å². The normalized spacial score (nSPS) is 33.1. The summed E-state index contributed by atoms with van der Waals surface area (Å²) in [7, 11) is -10.1. The van der Waals surface area contributed by atoms with Crippen LogP contribution in [0.2, 0.25) is 0 Å². The molecule has 0 aliphatic carbocycles. The lowest BCUT2D eigenvalue weighted by Crippen LogP contribution is -2.77. The summed E-state index contributed by atoms with van der Waals surface area (Å²) in [6, 6.07) is -1.62. The number of guanidine groups is 2. The van der Waals surface area contributed by atoms with Gasteiger partial charge < -0.3 is 36.6 Å². The molecule has 3 heterocycles. The molecule has 1 saturated heterocycles. The zero-order chi connectivity index (χ0) is 22.0. The molecule has 0 aromatic rings. The Labute approximate surface area is 162 Å². The molecule has 29 heavy (non-hydrogen) atoms. The Balaban J connectivity index is 2.01. The number of carbonyl (C=O) groups excluding carboxylic acids is 1. The van der Waals surface area contributed by atoms with E-state index >= 15 is 0 Å². The van der Waals surface area contributed by atoms with Gasteiger partial charge in [-0.25, -0.2) is 19.0 Å². The number of hydrogen-bond acceptors (Lipinski definition) is 15. The summed E-state index contributed by atoms with van der Waals surface area (Å²) in [5, 5.41) is 23.7. The van der Waals surface area contributed by atoms with Crippen molar-refractivity contribution in [3.05, 3.63) is 0 Å². The van der Waals surface area contributed by atoms with Gasteiger partial charge in [-0.2, -0.15) is 21.6 Å². The lowest BCUT2D eigenvalue weighted by Gasteiger charge is -2.48. The molecular formula is C9H15N7O11S2. The first-order valence-corrected chi connectivity index (χ1v) is 10.2. The fourth-order valence-electron chi connectivity index (χ4n) is 3.35. The van der Waals surface area contributed by atoms with E-state index in [2.05, 4.69) is 19.5 Å². The minimum absolute atomic E-state index is 0.436. The highest BCUT2D eigenvalue weighted by molar-refractivity contribution is 7.84. The zero-order valence-electron chi connectivity index (χ0n) is 13.9. The number of aliphatic imine (C=N–C) groups is 2. The number of nitrogens with two attached hydrogens (primary N) is 2. The van der Waals surface area contributed by atoms with Gasteiger partial charge in [-0.1, -0.05) is 0 Å². The molecule has 4 atom stereocenters. The van der Waals surface area contributed by atoms with Crippen molar-refractivity contribution in [2.75, 3.05) is 6.54 Å². The first-order chi connectivity index (χ1) is 13.1. The molecule has 0 aromatic carbocycles. The molecule has 0 bridgehead atoms. The van der Waals surface area contributed by atoms with Crippen LogP contribution < -0.4 is 21.5 Å². The summed E-state index contributed by atoms with van der Waals surface area (Å²) in [6.45, 7) is -0.654. The Morgan fingerprint density at radius 3 is 2.41 bits per heavy atom. The van der Waals surface area contributed by atoms with Crippen LogP contribution in [-0.4, -0.2) is 95.4 Å². The molecule has 1 fully saturated rings. The molecule has 10 N–H and O–H groups in total. The number of nitrogens with zero attached hydrogens (tertiary/aromatic N) is 3. The third kappa shape index (κ3) is 3.50. The van der Waals surface area contributed by atoms with Crippen LogP contribution in [0.1, 0.15) is 0 Å². The number of aliphatic hydroxyl groups is 2. The summed E-state index contributed by atoms with van der Waals surface area (Å²) in [5.74, 6) is -4.16. The van der Waals surface area contributed by atoms with E-state index < -0.39 is 75.1 Å². The van der Waals surface area contributed by atoms with Crippen LogP contribution in [-0.2, 0) is 29.6 Å². The molecule has 18 nitrogen and oxygen atoms in total. The lowest BCUT2D eigenvalue weighted by molar-refractivity contribution is -0.256. The predicted molar refractivity (Wildman–Crippen MR) is 88.1 cm³/mol. The Hall–Kier alpha value is -2.49. The Morgan fingerprint density at radius 2 is 1.86 bits per heavy atom. The molecule has 20 heteroatoms. The van der Waals surface area contributed by atoms with E-state index in [0.717, 1.165) is 9.62 Å². The van der Waals surface area contributed by atoms with Crippen LogP contribution >= 0.6 is 0 Å². The van der Waals surface area contributed by atoms with Gasteiger partial charge in [0, 0.05) is 0 Å². The van der Waals surface area contributed by atoms with Crippen molar-refractivity contribution in [2.24, 2.45) is 21.5 Å². The van der Waals surface area contributed by atoms with Gasteiger partial charge in [0.2, 0.25) is 17.7 Å². The largest absolute Gasteiger partial charge is 0.424 e. The summed E-state index contributed by atoms with van der Waals surface area (Å²) in [6.07, 6.45) is -5.57. The van der Waals surface area contributed by atoms with Crippen molar-refractivity contribution in [1.29, 1.82) is 0 Å². The Kier molecular flexibility index (Phi) is 4.58. The molecule has 1 unspecified atom stereocenters. The second-order valence-corrected chi connectivity index (χ2v) is 8.26. The van der Waals surface area contributed by atoms with Crippen LogP contribution in [0, 0.1) is 0 Å². The standard InChI is InChI=1S/C9H15N7O11S2/c10-5-12-3-4(26-7(17)15-28(20,21)22)13-6(11)16-1-2(27-29(23,24)25)9(18,19)8(3,16)14-5/h2-4,18-19H,1H2,(H2,11,13)(H,15,17)(H3,10,12,14)(H,20,21,22)(H,23,24,25)/t2-,3-,4+,8?/m0/s1. The van der Waals surface area contributed by atoms with E-state index in [-0.39, 0.29) is 0 Å². The summed E-state index contributed by atoms with van der Waals surface area (Å²) in [4.78, 5) is 20.1. The van der Waals surface area contributed by atoms with Crippen molar-refractivity contribution in [1.82, 2.24) is 14.9 Å². The Morgan fingerprint density at radius 1 is 1.24 bits per heavy atom. The van der Waals surface area contributed by atoms with Crippen molar-refractivity contribution in [3.8, 4) is 0 Å². The second-order valence-electron chi connectivity index (χ2n) is 6.06. The molecule has 1 amide bonds. The predicted octanol–water partition coefficient (Wildman–Crippen LogP) is -5.66. The van der Waals surface area contributed by atoms with Crippen molar-refractivity contribution in [2.45, 2.75) is 29.8 Å². The minimum Gasteiger partial charge on any atom is -0.420 e. The molecule has 3 rings (SSSR count). The van der Waals surface area contributed by atoms with Crippen LogP contribution in [0.5, 0.6) is 0 Å². The van der Waals surface area contributed by atoms with Crippen LogP contribution in [0.4, 0.5) is 4.79 Å². The quantitative estimate of drug-likeness (QED) is 0.143.